The molecule has 3 rings (SSSR count). The molecule has 0 spiro atoms. The number of aliphatic imine (C=N–C) groups is 1. The van der Waals surface area contributed by atoms with Gasteiger partial charge in [0.25, 0.3) is 5.91 Å². The monoisotopic (exact) mass is 441 g/mol. The topological polar surface area (TPSA) is 106 Å². The summed E-state index contributed by atoms with van der Waals surface area (Å²) in [5, 5.41) is 6.76. The van der Waals surface area contributed by atoms with E-state index in [0.29, 0.717) is 36.9 Å². The lowest BCUT2D eigenvalue weighted by Gasteiger charge is -2.17. The second-order valence-corrected chi connectivity index (χ2v) is 10.2. The number of rotatable bonds is 9. The van der Waals surface area contributed by atoms with E-state index in [4.69, 9.17) is 9.47 Å². The number of benzene rings is 1. The number of carbonyl (C=O) groups excluding carboxylic acids is 1. The van der Waals surface area contributed by atoms with Gasteiger partial charge in [-0.15, -0.1) is 0 Å². The molecule has 0 saturated carbocycles. The average molecular weight is 442 g/mol. The molecule has 1 saturated heterocycles. The van der Waals surface area contributed by atoms with Gasteiger partial charge in [-0.3, -0.25) is 9.79 Å². The zero-order valence-electron chi connectivity index (χ0n) is 16.6. The fourth-order valence-corrected chi connectivity index (χ4v) is 6.95. The maximum Gasteiger partial charge on any atom is 0.251 e. The summed E-state index contributed by atoms with van der Waals surface area (Å²) < 4.78 is 34.3. The molecular weight excluding hydrogens is 414 g/mol. The van der Waals surface area contributed by atoms with Crippen molar-refractivity contribution >= 4 is 38.4 Å². The first-order valence-corrected chi connectivity index (χ1v) is 12.4. The first-order valence-electron chi connectivity index (χ1n) is 9.73. The Hall–Kier alpha value is -1.62. The molecule has 10 heteroatoms. The van der Waals surface area contributed by atoms with Crippen molar-refractivity contribution in [1.82, 2.24) is 5.32 Å². The van der Waals surface area contributed by atoms with Gasteiger partial charge in [0.15, 0.2) is 21.3 Å². The Morgan fingerprint density at radius 1 is 1.28 bits per heavy atom. The number of ether oxygens (including phenoxy) is 2. The zero-order chi connectivity index (χ0) is 20.9. The van der Waals surface area contributed by atoms with Crippen LogP contribution in [0.3, 0.4) is 0 Å². The van der Waals surface area contributed by atoms with E-state index in [1.807, 2.05) is 19.9 Å². The zero-order valence-corrected chi connectivity index (χ0v) is 18.2. The number of fused-ring (bicyclic) bond motifs is 1. The minimum Gasteiger partial charge on any atom is -0.353 e. The van der Waals surface area contributed by atoms with Crippen LogP contribution >= 0.6 is 11.8 Å². The van der Waals surface area contributed by atoms with Crippen LogP contribution in [-0.2, 0) is 19.3 Å². The first-order chi connectivity index (χ1) is 13.9. The van der Waals surface area contributed by atoms with Gasteiger partial charge in [-0.25, -0.2) is 8.42 Å². The Morgan fingerprint density at radius 2 is 2.03 bits per heavy atom. The first kappa shape index (κ1) is 22.1. The summed E-state index contributed by atoms with van der Waals surface area (Å²) in [6, 6.07) is 6.97. The molecule has 2 atom stereocenters. The van der Waals surface area contributed by atoms with Crippen LogP contribution in [0.15, 0.2) is 29.3 Å². The molecule has 0 bridgehead atoms. The lowest BCUT2D eigenvalue weighted by molar-refractivity contribution is -0.138. The van der Waals surface area contributed by atoms with E-state index in [0.717, 1.165) is 5.69 Å². The van der Waals surface area contributed by atoms with Crippen molar-refractivity contribution in [2.45, 2.75) is 37.9 Å². The fraction of sp³-hybridized carbons (Fsp3) is 0.579. The van der Waals surface area contributed by atoms with Crippen LogP contribution in [0.1, 0.15) is 30.6 Å². The van der Waals surface area contributed by atoms with Crippen molar-refractivity contribution in [3.8, 4) is 0 Å². The van der Waals surface area contributed by atoms with Gasteiger partial charge in [0.05, 0.1) is 17.5 Å². The predicted octanol–water partition coefficient (Wildman–Crippen LogP) is 1.89. The number of thioether (sulfide) groups is 1. The molecule has 0 aliphatic carbocycles. The van der Waals surface area contributed by atoms with E-state index in [2.05, 4.69) is 15.6 Å². The van der Waals surface area contributed by atoms with Crippen molar-refractivity contribution in [2.24, 2.45) is 4.99 Å². The van der Waals surface area contributed by atoms with Crippen LogP contribution in [0, 0.1) is 0 Å². The minimum atomic E-state index is -2.97. The summed E-state index contributed by atoms with van der Waals surface area (Å²) in [5.74, 6) is 0.108. The number of amidine groups is 1. The van der Waals surface area contributed by atoms with Crippen molar-refractivity contribution < 1.29 is 22.7 Å². The molecule has 2 heterocycles. The maximum atomic E-state index is 12.4. The van der Waals surface area contributed by atoms with Crippen molar-refractivity contribution in [2.75, 3.05) is 36.6 Å². The summed E-state index contributed by atoms with van der Waals surface area (Å²) in [6.45, 7) is 5.37. The second kappa shape index (κ2) is 9.92. The van der Waals surface area contributed by atoms with Crippen LogP contribution in [-0.4, -0.2) is 68.3 Å². The van der Waals surface area contributed by atoms with Crippen molar-refractivity contribution in [3.05, 3.63) is 29.8 Å². The number of carbonyl (C=O) groups is 1. The quantitative estimate of drug-likeness (QED) is 0.564. The van der Waals surface area contributed by atoms with Gasteiger partial charge in [-0.2, -0.15) is 0 Å². The maximum absolute atomic E-state index is 12.4. The number of anilines is 1. The lowest BCUT2D eigenvalue weighted by Crippen LogP contribution is -2.29. The number of sulfone groups is 1. The molecular formula is C19H27N3O5S2. The summed E-state index contributed by atoms with van der Waals surface area (Å²) >= 11 is 1.45. The van der Waals surface area contributed by atoms with Crippen LogP contribution in [0.4, 0.5) is 5.69 Å². The Balaban J connectivity index is 1.52. The Kier molecular flexibility index (Phi) is 7.55. The molecule has 1 aromatic rings. The third kappa shape index (κ3) is 6.18. The molecule has 0 aromatic heterocycles. The molecule has 2 aliphatic rings. The molecule has 29 heavy (non-hydrogen) atoms. The van der Waals surface area contributed by atoms with E-state index in [9.17, 15) is 13.2 Å². The Bertz CT molecular complexity index is 853. The van der Waals surface area contributed by atoms with E-state index in [1.54, 1.807) is 18.2 Å². The SMILES string of the molecule is CCOC(CCNC(=O)c1cccc(NC2=N[C@H]3CS(=O)(=O)C[C@@H]3S2)c1)OCC. The second-order valence-electron chi connectivity index (χ2n) is 6.83. The van der Waals surface area contributed by atoms with Gasteiger partial charge in [0.2, 0.25) is 0 Å². The number of hydrogen-bond acceptors (Lipinski definition) is 8. The molecule has 1 aromatic carbocycles. The number of nitrogens with one attached hydrogen (secondary N) is 2. The summed E-state index contributed by atoms with van der Waals surface area (Å²) in [4.78, 5) is 16.9. The fourth-order valence-electron chi connectivity index (χ4n) is 3.27. The van der Waals surface area contributed by atoms with Crippen LogP contribution < -0.4 is 10.6 Å². The van der Waals surface area contributed by atoms with Crippen LogP contribution in [0.5, 0.6) is 0 Å². The van der Waals surface area contributed by atoms with Gasteiger partial charge in [0.1, 0.15) is 0 Å². The smallest absolute Gasteiger partial charge is 0.251 e. The molecule has 1 fully saturated rings. The van der Waals surface area contributed by atoms with Gasteiger partial charge in [-0.05, 0) is 32.0 Å². The van der Waals surface area contributed by atoms with Crippen LogP contribution in [0.25, 0.3) is 0 Å². The van der Waals surface area contributed by atoms with E-state index in [-0.39, 0.29) is 35.0 Å². The molecule has 1 amide bonds. The van der Waals surface area contributed by atoms with E-state index < -0.39 is 9.84 Å². The summed E-state index contributed by atoms with van der Waals surface area (Å²) in [7, 11) is -2.97. The highest BCUT2D eigenvalue weighted by molar-refractivity contribution is 8.15. The third-order valence-electron chi connectivity index (χ3n) is 4.56. The molecule has 160 valence electrons. The normalized spacial score (nSPS) is 22.4. The number of amides is 1. The standard InChI is InChI=1S/C19H27N3O5S2/c1-3-26-17(27-4-2)8-9-20-18(23)13-6-5-7-14(10-13)21-19-22-15-11-29(24,25)12-16(15)28-19/h5-7,10,15-17H,3-4,8-9,11-12H2,1-2H3,(H,20,23)(H,21,22)/t15-,16-/m0/s1. The lowest BCUT2D eigenvalue weighted by atomic mass is 10.2. The molecule has 0 radical (unpaired) electrons. The summed E-state index contributed by atoms with van der Waals surface area (Å²) in [5.41, 5.74) is 1.28. The van der Waals surface area contributed by atoms with Crippen LogP contribution in [0.2, 0.25) is 0 Å². The van der Waals surface area contributed by atoms with E-state index >= 15 is 0 Å². The highest BCUT2D eigenvalue weighted by Gasteiger charge is 2.42. The molecule has 2 N–H and O–H groups in total. The third-order valence-corrected chi connectivity index (χ3v) is 7.71. The van der Waals surface area contributed by atoms with Gasteiger partial charge in [0, 0.05) is 42.7 Å². The Morgan fingerprint density at radius 3 is 2.72 bits per heavy atom. The number of hydrogen-bond donors (Lipinski definition) is 2. The average Bonchev–Trinajstić information content (AvgIpc) is 3.14. The number of nitrogens with zero attached hydrogens (tertiary/aromatic N) is 1. The Labute approximate surface area is 175 Å². The molecule has 0 unspecified atom stereocenters. The highest BCUT2D eigenvalue weighted by Crippen LogP contribution is 2.34. The molecule has 8 nitrogen and oxygen atoms in total. The van der Waals surface area contributed by atoms with Gasteiger partial charge in [-0.1, -0.05) is 17.8 Å². The molecule has 2 aliphatic heterocycles. The van der Waals surface area contributed by atoms with Gasteiger partial charge >= 0.3 is 0 Å². The van der Waals surface area contributed by atoms with E-state index in [1.165, 1.54) is 11.8 Å². The summed E-state index contributed by atoms with van der Waals surface area (Å²) in [6.07, 6.45) is 0.254. The van der Waals surface area contributed by atoms with Crippen molar-refractivity contribution in [1.29, 1.82) is 0 Å². The van der Waals surface area contributed by atoms with Crippen molar-refractivity contribution in [3.63, 3.8) is 0 Å². The largest absolute Gasteiger partial charge is 0.353 e. The minimum absolute atomic E-state index is 0.0161. The van der Waals surface area contributed by atoms with Gasteiger partial charge < -0.3 is 20.1 Å². The highest BCUT2D eigenvalue weighted by atomic mass is 32.2. The predicted molar refractivity (Wildman–Crippen MR) is 115 cm³/mol.